The molecule has 1 amide bonds. The molecule has 0 radical (unpaired) electrons. The van der Waals surface area contributed by atoms with Crippen molar-refractivity contribution in [2.45, 2.75) is 26.3 Å². The fourth-order valence-electron chi connectivity index (χ4n) is 0.834. The van der Waals surface area contributed by atoms with E-state index in [4.69, 9.17) is 5.73 Å². The summed E-state index contributed by atoms with van der Waals surface area (Å²) in [5.41, 5.74) is 6.33. The number of amides is 1. The van der Waals surface area contributed by atoms with Crippen LogP contribution in [0.4, 0.5) is 5.69 Å². The molecular weight excluding hydrogens is 178 g/mol. The smallest absolute Gasteiger partial charge is 0.243 e. The van der Waals surface area contributed by atoms with E-state index in [1.165, 1.54) is 0 Å². The third kappa shape index (κ3) is 2.81. The van der Waals surface area contributed by atoms with Crippen molar-refractivity contribution in [3.63, 3.8) is 0 Å². The number of anilines is 1. The van der Waals surface area contributed by atoms with E-state index in [1.54, 1.807) is 26.1 Å². The topological polar surface area (TPSA) is 68.0 Å². The first-order chi connectivity index (χ1) is 6.39. The maximum atomic E-state index is 11.5. The molecule has 1 heterocycles. The molecule has 0 spiro atoms. The third-order valence-corrected chi connectivity index (χ3v) is 1.75. The average Bonchev–Trinajstić information content (AvgIpc) is 2.07. The van der Waals surface area contributed by atoms with Gasteiger partial charge in [0.1, 0.15) is 0 Å². The predicted molar refractivity (Wildman–Crippen MR) is 55.9 cm³/mol. The average molecular weight is 193 g/mol. The highest BCUT2D eigenvalue weighted by molar-refractivity contribution is 5.97. The summed E-state index contributed by atoms with van der Waals surface area (Å²) in [6.45, 7) is 5.20. The molecule has 4 nitrogen and oxygen atoms in total. The monoisotopic (exact) mass is 193 g/mol. The summed E-state index contributed by atoms with van der Waals surface area (Å²) >= 11 is 0. The fraction of sp³-hybridized carbons (Fsp3) is 0.400. The highest BCUT2D eigenvalue weighted by Gasteiger charge is 2.21. The van der Waals surface area contributed by atoms with Crippen LogP contribution in [-0.2, 0) is 4.79 Å². The van der Waals surface area contributed by atoms with Crippen LogP contribution >= 0.6 is 0 Å². The summed E-state index contributed by atoms with van der Waals surface area (Å²) in [4.78, 5) is 15.5. The standard InChI is InChI=1S/C10H15N3O/c1-7-4-5-8(6-12-7)13-9(14)10(2,3)11/h4-6H,11H2,1-3H3,(H,13,14). The number of nitrogens with one attached hydrogen (secondary N) is 1. The lowest BCUT2D eigenvalue weighted by Gasteiger charge is -2.17. The maximum Gasteiger partial charge on any atom is 0.243 e. The minimum Gasteiger partial charge on any atom is -0.323 e. The summed E-state index contributed by atoms with van der Waals surface area (Å²) in [6, 6.07) is 3.63. The number of carbonyl (C=O) groups is 1. The van der Waals surface area contributed by atoms with Crippen LogP contribution in [0, 0.1) is 6.92 Å². The fourth-order valence-corrected chi connectivity index (χ4v) is 0.834. The molecule has 4 heteroatoms. The molecule has 1 aromatic rings. The number of carbonyl (C=O) groups excluding carboxylic acids is 1. The van der Waals surface area contributed by atoms with Gasteiger partial charge in [-0.05, 0) is 32.9 Å². The number of aromatic nitrogens is 1. The Morgan fingerprint density at radius 2 is 2.14 bits per heavy atom. The van der Waals surface area contributed by atoms with Crippen molar-refractivity contribution in [1.29, 1.82) is 0 Å². The molecule has 0 atom stereocenters. The Morgan fingerprint density at radius 3 is 2.57 bits per heavy atom. The molecule has 14 heavy (non-hydrogen) atoms. The van der Waals surface area contributed by atoms with Gasteiger partial charge in [-0.25, -0.2) is 0 Å². The van der Waals surface area contributed by atoms with Gasteiger partial charge in [0, 0.05) is 5.69 Å². The van der Waals surface area contributed by atoms with Gasteiger partial charge in [-0.2, -0.15) is 0 Å². The molecule has 1 rings (SSSR count). The van der Waals surface area contributed by atoms with Gasteiger partial charge in [0.25, 0.3) is 0 Å². The first kappa shape index (κ1) is 10.7. The van der Waals surface area contributed by atoms with Gasteiger partial charge in [-0.15, -0.1) is 0 Å². The molecular formula is C10H15N3O. The van der Waals surface area contributed by atoms with Crippen LogP contribution in [-0.4, -0.2) is 16.4 Å². The molecule has 0 unspecified atom stereocenters. The highest BCUT2D eigenvalue weighted by Crippen LogP contribution is 2.08. The largest absolute Gasteiger partial charge is 0.323 e. The zero-order chi connectivity index (χ0) is 10.8. The van der Waals surface area contributed by atoms with E-state index in [0.29, 0.717) is 5.69 Å². The van der Waals surface area contributed by atoms with Crippen molar-refractivity contribution in [2.24, 2.45) is 5.73 Å². The Kier molecular flexibility index (Phi) is 2.86. The summed E-state index contributed by atoms with van der Waals surface area (Å²) < 4.78 is 0. The lowest BCUT2D eigenvalue weighted by molar-refractivity contribution is -0.120. The Bertz CT molecular complexity index is 324. The summed E-state index contributed by atoms with van der Waals surface area (Å²) in [5.74, 6) is -0.219. The normalized spacial score (nSPS) is 11.1. The van der Waals surface area contributed by atoms with Gasteiger partial charge in [-0.3, -0.25) is 9.78 Å². The minimum absolute atomic E-state index is 0.219. The van der Waals surface area contributed by atoms with Crippen molar-refractivity contribution < 1.29 is 4.79 Å². The SMILES string of the molecule is Cc1ccc(NC(=O)C(C)(C)N)cn1. The number of rotatable bonds is 2. The lowest BCUT2D eigenvalue weighted by atomic mass is 10.1. The highest BCUT2D eigenvalue weighted by atomic mass is 16.2. The Morgan fingerprint density at radius 1 is 1.50 bits per heavy atom. The van der Waals surface area contributed by atoms with Crippen LogP contribution in [0.15, 0.2) is 18.3 Å². The zero-order valence-electron chi connectivity index (χ0n) is 8.66. The van der Waals surface area contributed by atoms with Gasteiger partial charge in [0.15, 0.2) is 0 Å². The van der Waals surface area contributed by atoms with E-state index >= 15 is 0 Å². The van der Waals surface area contributed by atoms with Crippen LogP contribution in [0.5, 0.6) is 0 Å². The number of nitrogens with zero attached hydrogens (tertiary/aromatic N) is 1. The maximum absolute atomic E-state index is 11.5. The van der Waals surface area contributed by atoms with Gasteiger partial charge < -0.3 is 11.1 Å². The molecule has 3 N–H and O–H groups in total. The first-order valence-electron chi connectivity index (χ1n) is 4.42. The van der Waals surface area contributed by atoms with E-state index in [-0.39, 0.29) is 5.91 Å². The van der Waals surface area contributed by atoms with Crippen LogP contribution in [0.25, 0.3) is 0 Å². The van der Waals surface area contributed by atoms with E-state index in [0.717, 1.165) is 5.69 Å². The molecule has 0 aliphatic heterocycles. The third-order valence-electron chi connectivity index (χ3n) is 1.75. The second-order valence-electron chi connectivity index (χ2n) is 3.86. The zero-order valence-corrected chi connectivity index (χ0v) is 8.66. The van der Waals surface area contributed by atoms with E-state index in [1.807, 2.05) is 13.0 Å². The number of aryl methyl sites for hydroxylation is 1. The quantitative estimate of drug-likeness (QED) is 0.738. The first-order valence-corrected chi connectivity index (χ1v) is 4.42. The Balaban J connectivity index is 2.71. The molecule has 0 aliphatic rings. The number of nitrogens with two attached hydrogens (primary N) is 1. The van der Waals surface area contributed by atoms with Crippen LogP contribution in [0.3, 0.4) is 0 Å². The van der Waals surface area contributed by atoms with Gasteiger partial charge >= 0.3 is 0 Å². The van der Waals surface area contributed by atoms with Crippen LogP contribution < -0.4 is 11.1 Å². The number of pyridine rings is 1. The van der Waals surface area contributed by atoms with Gasteiger partial charge in [-0.1, -0.05) is 0 Å². The second kappa shape index (κ2) is 3.75. The summed E-state index contributed by atoms with van der Waals surface area (Å²) in [6.07, 6.45) is 1.61. The minimum atomic E-state index is -0.870. The molecule has 0 bridgehead atoms. The molecule has 0 saturated heterocycles. The molecule has 0 aromatic carbocycles. The Labute approximate surface area is 83.5 Å². The van der Waals surface area contributed by atoms with Crippen molar-refractivity contribution in [3.05, 3.63) is 24.0 Å². The Hall–Kier alpha value is -1.42. The van der Waals surface area contributed by atoms with Crippen LogP contribution in [0.2, 0.25) is 0 Å². The summed E-state index contributed by atoms with van der Waals surface area (Å²) in [7, 11) is 0. The molecule has 1 aromatic heterocycles. The van der Waals surface area contributed by atoms with Gasteiger partial charge in [0.05, 0.1) is 17.4 Å². The van der Waals surface area contributed by atoms with Crippen molar-refractivity contribution in [2.75, 3.05) is 5.32 Å². The van der Waals surface area contributed by atoms with Crippen LogP contribution in [0.1, 0.15) is 19.5 Å². The van der Waals surface area contributed by atoms with Crippen molar-refractivity contribution in [3.8, 4) is 0 Å². The number of hydrogen-bond acceptors (Lipinski definition) is 3. The molecule has 0 fully saturated rings. The van der Waals surface area contributed by atoms with E-state index < -0.39 is 5.54 Å². The predicted octanol–water partition coefficient (Wildman–Crippen LogP) is 1.07. The molecule has 0 saturated carbocycles. The number of hydrogen-bond donors (Lipinski definition) is 2. The van der Waals surface area contributed by atoms with E-state index in [9.17, 15) is 4.79 Å². The summed E-state index contributed by atoms with van der Waals surface area (Å²) in [5, 5.41) is 2.68. The lowest BCUT2D eigenvalue weighted by Crippen LogP contribution is -2.45. The molecule has 76 valence electrons. The van der Waals surface area contributed by atoms with Gasteiger partial charge in [0.2, 0.25) is 5.91 Å². The van der Waals surface area contributed by atoms with E-state index in [2.05, 4.69) is 10.3 Å². The molecule has 0 aliphatic carbocycles. The van der Waals surface area contributed by atoms with Crippen molar-refractivity contribution in [1.82, 2.24) is 4.98 Å². The van der Waals surface area contributed by atoms with Crippen molar-refractivity contribution >= 4 is 11.6 Å². The second-order valence-corrected chi connectivity index (χ2v) is 3.86.